The number of aromatic nitrogens is 3. The van der Waals surface area contributed by atoms with Crippen LogP contribution < -0.4 is 10.6 Å². The summed E-state index contributed by atoms with van der Waals surface area (Å²) in [5.41, 5.74) is -0.162. The third-order valence-electron chi connectivity index (χ3n) is 3.90. The van der Waals surface area contributed by atoms with Crippen molar-refractivity contribution in [3.63, 3.8) is 0 Å². The van der Waals surface area contributed by atoms with Gasteiger partial charge in [0, 0.05) is 18.5 Å². The van der Waals surface area contributed by atoms with Crippen LogP contribution >= 0.6 is 0 Å². The number of anilines is 2. The van der Waals surface area contributed by atoms with Crippen molar-refractivity contribution in [3.05, 3.63) is 5.82 Å². The lowest BCUT2D eigenvalue weighted by Gasteiger charge is -2.19. The maximum Gasteiger partial charge on any atom is 0.227 e. The van der Waals surface area contributed by atoms with Crippen LogP contribution in [0.5, 0.6) is 0 Å². The Labute approximate surface area is 157 Å². The van der Waals surface area contributed by atoms with Crippen LogP contribution in [0.25, 0.3) is 0 Å². The number of aliphatic hydroxyl groups is 1. The molecule has 1 heterocycles. The van der Waals surface area contributed by atoms with Crippen LogP contribution in [0, 0.1) is 0 Å². The molecular formula is C18H36N6O2. The SMILES string of the molecule is CCN(CC)CCCNc1nc(NCCOCCO)nc(C(C)(C)C)n1. The fraction of sp³-hybridized carbons (Fsp3) is 0.833. The van der Waals surface area contributed by atoms with E-state index in [1.54, 1.807) is 0 Å². The minimum atomic E-state index is -0.162. The van der Waals surface area contributed by atoms with Crippen molar-refractivity contribution >= 4 is 11.9 Å². The maximum atomic E-state index is 8.72. The van der Waals surface area contributed by atoms with Gasteiger partial charge in [0.25, 0.3) is 0 Å². The number of aliphatic hydroxyl groups excluding tert-OH is 1. The minimum absolute atomic E-state index is 0.0293. The zero-order valence-electron chi connectivity index (χ0n) is 17.0. The molecule has 0 aromatic carbocycles. The highest BCUT2D eigenvalue weighted by atomic mass is 16.5. The molecule has 8 heteroatoms. The molecule has 150 valence electrons. The van der Waals surface area contributed by atoms with Crippen molar-refractivity contribution < 1.29 is 9.84 Å². The first-order chi connectivity index (χ1) is 12.4. The zero-order chi connectivity index (χ0) is 19.4. The Kier molecular flexibility index (Phi) is 10.4. The minimum Gasteiger partial charge on any atom is -0.394 e. The number of ether oxygens (including phenoxy) is 1. The van der Waals surface area contributed by atoms with Crippen molar-refractivity contribution in [2.75, 3.05) is 63.2 Å². The molecule has 0 aliphatic heterocycles. The summed E-state index contributed by atoms with van der Waals surface area (Å²) < 4.78 is 5.25. The predicted octanol–water partition coefficient (Wildman–Crippen LogP) is 1.73. The molecule has 8 nitrogen and oxygen atoms in total. The van der Waals surface area contributed by atoms with Crippen LogP contribution in [0.1, 0.15) is 46.9 Å². The summed E-state index contributed by atoms with van der Waals surface area (Å²) in [6, 6.07) is 0. The number of hydrogen-bond acceptors (Lipinski definition) is 8. The van der Waals surface area contributed by atoms with Gasteiger partial charge < -0.3 is 25.4 Å². The summed E-state index contributed by atoms with van der Waals surface area (Å²) in [6.45, 7) is 16.1. The van der Waals surface area contributed by atoms with Crippen LogP contribution in [0.3, 0.4) is 0 Å². The zero-order valence-corrected chi connectivity index (χ0v) is 17.0. The molecule has 0 aliphatic rings. The molecule has 0 unspecified atom stereocenters. The average Bonchev–Trinajstić information content (AvgIpc) is 2.61. The molecule has 1 aromatic heterocycles. The maximum absolute atomic E-state index is 8.72. The van der Waals surface area contributed by atoms with E-state index in [0.717, 1.165) is 38.4 Å². The molecule has 3 N–H and O–H groups in total. The average molecular weight is 369 g/mol. The second-order valence-electron chi connectivity index (χ2n) is 7.13. The topological polar surface area (TPSA) is 95.4 Å². The van der Waals surface area contributed by atoms with Crippen molar-refractivity contribution in [1.82, 2.24) is 19.9 Å². The lowest BCUT2D eigenvalue weighted by atomic mass is 9.96. The smallest absolute Gasteiger partial charge is 0.227 e. The highest BCUT2D eigenvalue weighted by molar-refractivity contribution is 5.35. The van der Waals surface area contributed by atoms with Gasteiger partial charge in [0.05, 0.1) is 19.8 Å². The Morgan fingerprint density at radius 2 is 1.58 bits per heavy atom. The monoisotopic (exact) mass is 368 g/mol. The third kappa shape index (κ3) is 8.73. The molecule has 0 aliphatic carbocycles. The van der Waals surface area contributed by atoms with Gasteiger partial charge in [-0.15, -0.1) is 0 Å². The molecule has 0 saturated carbocycles. The van der Waals surface area contributed by atoms with Gasteiger partial charge in [-0.05, 0) is 26.1 Å². The van der Waals surface area contributed by atoms with Crippen LogP contribution in [0.2, 0.25) is 0 Å². The molecule has 0 saturated heterocycles. The first-order valence-corrected chi connectivity index (χ1v) is 9.56. The number of nitrogens with one attached hydrogen (secondary N) is 2. The predicted molar refractivity (Wildman–Crippen MR) is 106 cm³/mol. The van der Waals surface area contributed by atoms with Gasteiger partial charge >= 0.3 is 0 Å². The quantitative estimate of drug-likeness (QED) is 0.453. The first kappa shape index (κ1) is 22.5. The molecule has 1 aromatic rings. The van der Waals surface area contributed by atoms with Crippen LogP contribution in [0.15, 0.2) is 0 Å². The molecule has 0 atom stereocenters. The standard InChI is InChI=1S/C18H36N6O2/c1-6-24(7-2)11-8-9-19-16-21-15(18(3,4)5)22-17(23-16)20-10-13-26-14-12-25/h25H,6-14H2,1-5H3,(H2,19,20,21,22,23). The second kappa shape index (κ2) is 12.0. The van der Waals surface area contributed by atoms with E-state index in [0.29, 0.717) is 31.7 Å². The fourth-order valence-corrected chi connectivity index (χ4v) is 2.31. The lowest BCUT2D eigenvalue weighted by Crippen LogP contribution is -2.26. The Balaban J connectivity index is 2.63. The summed E-state index contributed by atoms with van der Waals surface area (Å²) in [4.78, 5) is 15.9. The van der Waals surface area contributed by atoms with E-state index < -0.39 is 0 Å². The lowest BCUT2D eigenvalue weighted by molar-refractivity contribution is 0.0991. The summed E-state index contributed by atoms with van der Waals surface area (Å²) in [7, 11) is 0. The van der Waals surface area contributed by atoms with Crippen molar-refractivity contribution in [2.24, 2.45) is 0 Å². The van der Waals surface area contributed by atoms with E-state index in [2.05, 4.69) is 65.1 Å². The second-order valence-corrected chi connectivity index (χ2v) is 7.13. The fourth-order valence-electron chi connectivity index (χ4n) is 2.31. The first-order valence-electron chi connectivity index (χ1n) is 9.56. The van der Waals surface area contributed by atoms with Crippen molar-refractivity contribution in [1.29, 1.82) is 0 Å². The van der Waals surface area contributed by atoms with Crippen LogP contribution in [-0.2, 0) is 10.2 Å². The Morgan fingerprint density at radius 3 is 2.12 bits per heavy atom. The molecule has 0 spiro atoms. The Hall–Kier alpha value is -1.51. The Morgan fingerprint density at radius 1 is 0.962 bits per heavy atom. The number of nitrogens with zero attached hydrogens (tertiary/aromatic N) is 4. The normalized spacial score (nSPS) is 11.8. The number of hydrogen-bond donors (Lipinski definition) is 3. The van der Waals surface area contributed by atoms with Gasteiger partial charge in [-0.2, -0.15) is 15.0 Å². The van der Waals surface area contributed by atoms with E-state index in [1.165, 1.54) is 0 Å². The van der Waals surface area contributed by atoms with Gasteiger partial charge in [-0.3, -0.25) is 0 Å². The van der Waals surface area contributed by atoms with Crippen LogP contribution in [0.4, 0.5) is 11.9 Å². The molecule has 0 fully saturated rings. The van der Waals surface area contributed by atoms with Gasteiger partial charge in [0.2, 0.25) is 11.9 Å². The van der Waals surface area contributed by atoms with Crippen molar-refractivity contribution in [2.45, 2.75) is 46.5 Å². The molecule has 1 rings (SSSR count). The Bertz CT molecular complexity index is 503. The largest absolute Gasteiger partial charge is 0.394 e. The van der Waals surface area contributed by atoms with Gasteiger partial charge in [0.15, 0.2) is 0 Å². The van der Waals surface area contributed by atoms with E-state index in [1.807, 2.05) is 0 Å². The summed E-state index contributed by atoms with van der Waals surface area (Å²) in [5, 5.41) is 15.2. The molecule has 0 bridgehead atoms. The summed E-state index contributed by atoms with van der Waals surface area (Å²) >= 11 is 0. The van der Waals surface area contributed by atoms with Crippen molar-refractivity contribution in [3.8, 4) is 0 Å². The molecule has 0 amide bonds. The van der Waals surface area contributed by atoms with Gasteiger partial charge in [-0.25, -0.2) is 0 Å². The van der Waals surface area contributed by atoms with E-state index in [9.17, 15) is 0 Å². The van der Waals surface area contributed by atoms with E-state index in [4.69, 9.17) is 9.84 Å². The third-order valence-corrected chi connectivity index (χ3v) is 3.90. The molecule has 26 heavy (non-hydrogen) atoms. The summed E-state index contributed by atoms with van der Waals surface area (Å²) in [5.74, 6) is 1.89. The van der Waals surface area contributed by atoms with Gasteiger partial charge in [-0.1, -0.05) is 34.6 Å². The molecular weight excluding hydrogens is 332 g/mol. The molecule has 0 radical (unpaired) electrons. The number of rotatable bonds is 13. The van der Waals surface area contributed by atoms with Gasteiger partial charge in [0.1, 0.15) is 5.82 Å². The van der Waals surface area contributed by atoms with E-state index >= 15 is 0 Å². The highest BCUT2D eigenvalue weighted by Crippen LogP contribution is 2.20. The summed E-state index contributed by atoms with van der Waals surface area (Å²) in [6.07, 6.45) is 1.04. The highest BCUT2D eigenvalue weighted by Gasteiger charge is 2.19. The van der Waals surface area contributed by atoms with E-state index in [-0.39, 0.29) is 12.0 Å². The van der Waals surface area contributed by atoms with Crippen LogP contribution in [-0.4, -0.2) is 77.5 Å².